The third-order valence-corrected chi connectivity index (χ3v) is 3.71. The minimum absolute atomic E-state index is 0.172. The predicted octanol–water partition coefficient (Wildman–Crippen LogP) is 4.45. The molecule has 0 aliphatic heterocycles. The van der Waals surface area contributed by atoms with Crippen molar-refractivity contribution in [2.24, 2.45) is 0 Å². The third kappa shape index (κ3) is 3.06. The monoisotopic (exact) mass is 313 g/mol. The molecule has 0 aromatic heterocycles. The molecule has 2 aromatic rings. The van der Waals surface area contributed by atoms with Crippen LogP contribution in [0.15, 0.2) is 36.4 Å². The van der Waals surface area contributed by atoms with E-state index in [1.807, 2.05) is 19.2 Å². The molecular formula is C15H14Cl2FNO. The largest absolute Gasteiger partial charge is 0.495 e. The van der Waals surface area contributed by atoms with Crippen molar-refractivity contribution in [3.63, 3.8) is 0 Å². The van der Waals surface area contributed by atoms with Gasteiger partial charge in [-0.1, -0.05) is 35.3 Å². The lowest BCUT2D eigenvalue weighted by atomic mass is 9.98. The molecule has 1 unspecified atom stereocenters. The second-order valence-electron chi connectivity index (χ2n) is 4.28. The molecule has 2 nitrogen and oxygen atoms in total. The fourth-order valence-electron chi connectivity index (χ4n) is 2.09. The molecule has 0 spiro atoms. The molecule has 1 N–H and O–H groups in total. The number of rotatable bonds is 4. The SMILES string of the molecule is CNC(c1ccc(Cl)c(OC)c1)c1ccc(F)cc1Cl. The van der Waals surface area contributed by atoms with E-state index in [0.29, 0.717) is 15.8 Å². The Labute approximate surface area is 127 Å². The van der Waals surface area contributed by atoms with Gasteiger partial charge in [-0.05, 0) is 42.4 Å². The first-order chi connectivity index (χ1) is 9.56. The summed E-state index contributed by atoms with van der Waals surface area (Å²) in [7, 11) is 3.37. The molecule has 0 fully saturated rings. The summed E-state index contributed by atoms with van der Waals surface area (Å²) in [4.78, 5) is 0. The van der Waals surface area contributed by atoms with Gasteiger partial charge in [-0.25, -0.2) is 4.39 Å². The second kappa shape index (κ2) is 6.44. The molecule has 20 heavy (non-hydrogen) atoms. The van der Waals surface area contributed by atoms with Gasteiger partial charge in [-0.2, -0.15) is 0 Å². The van der Waals surface area contributed by atoms with Crippen molar-refractivity contribution in [3.05, 3.63) is 63.4 Å². The van der Waals surface area contributed by atoms with Crippen molar-refractivity contribution in [3.8, 4) is 5.75 Å². The fourth-order valence-corrected chi connectivity index (χ4v) is 2.56. The van der Waals surface area contributed by atoms with E-state index in [4.69, 9.17) is 27.9 Å². The van der Waals surface area contributed by atoms with E-state index >= 15 is 0 Å². The van der Waals surface area contributed by atoms with Crippen molar-refractivity contribution in [1.29, 1.82) is 0 Å². The van der Waals surface area contributed by atoms with Gasteiger partial charge >= 0.3 is 0 Å². The predicted molar refractivity (Wildman–Crippen MR) is 80.3 cm³/mol. The maximum atomic E-state index is 13.1. The van der Waals surface area contributed by atoms with Crippen LogP contribution in [0, 0.1) is 5.82 Å². The number of benzene rings is 2. The first-order valence-corrected chi connectivity index (χ1v) is 6.78. The lowest BCUT2D eigenvalue weighted by molar-refractivity contribution is 0.414. The highest BCUT2D eigenvalue weighted by Gasteiger charge is 2.17. The van der Waals surface area contributed by atoms with Crippen molar-refractivity contribution in [2.45, 2.75) is 6.04 Å². The van der Waals surface area contributed by atoms with Crippen molar-refractivity contribution in [1.82, 2.24) is 5.32 Å². The first kappa shape index (κ1) is 15.1. The van der Waals surface area contributed by atoms with E-state index in [-0.39, 0.29) is 11.9 Å². The highest BCUT2D eigenvalue weighted by atomic mass is 35.5. The molecule has 0 aliphatic carbocycles. The van der Waals surface area contributed by atoms with Crippen LogP contribution in [0.1, 0.15) is 17.2 Å². The van der Waals surface area contributed by atoms with E-state index in [9.17, 15) is 4.39 Å². The summed E-state index contributed by atoms with van der Waals surface area (Å²) in [5, 5.41) is 4.07. The van der Waals surface area contributed by atoms with Crippen LogP contribution >= 0.6 is 23.2 Å². The molecule has 0 bridgehead atoms. The van der Waals surface area contributed by atoms with Gasteiger partial charge in [0.1, 0.15) is 11.6 Å². The smallest absolute Gasteiger partial charge is 0.137 e. The lowest BCUT2D eigenvalue weighted by Crippen LogP contribution is -2.18. The molecule has 0 radical (unpaired) electrons. The van der Waals surface area contributed by atoms with Crippen molar-refractivity contribution in [2.75, 3.05) is 14.2 Å². The van der Waals surface area contributed by atoms with E-state index in [1.54, 1.807) is 19.2 Å². The number of methoxy groups -OCH3 is 1. The summed E-state index contributed by atoms with van der Waals surface area (Å²) in [6.07, 6.45) is 0. The first-order valence-electron chi connectivity index (χ1n) is 6.02. The Morgan fingerprint density at radius 3 is 2.45 bits per heavy atom. The zero-order chi connectivity index (χ0) is 14.7. The number of ether oxygens (including phenoxy) is 1. The Bertz CT molecular complexity index is 619. The molecule has 1 atom stereocenters. The molecule has 0 amide bonds. The van der Waals surface area contributed by atoms with Gasteiger partial charge in [0.05, 0.1) is 18.2 Å². The van der Waals surface area contributed by atoms with Gasteiger partial charge in [-0.15, -0.1) is 0 Å². The maximum Gasteiger partial charge on any atom is 0.137 e. The number of nitrogens with one attached hydrogen (secondary N) is 1. The highest BCUT2D eigenvalue weighted by Crippen LogP contribution is 2.33. The molecule has 0 saturated heterocycles. The minimum Gasteiger partial charge on any atom is -0.495 e. The van der Waals surface area contributed by atoms with Crippen LogP contribution in [0.5, 0.6) is 5.75 Å². The third-order valence-electron chi connectivity index (χ3n) is 3.07. The Balaban J connectivity index is 2.46. The molecule has 0 saturated carbocycles. The highest BCUT2D eigenvalue weighted by molar-refractivity contribution is 6.32. The summed E-state index contributed by atoms with van der Waals surface area (Å²) in [5.74, 6) is 0.227. The zero-order valence-corrected chi connectivity index (χ0v) is 12.6. The average molecular weight is 314 g/mol. The molecule has 5 heteroatoms. The van der Waals surface area contributed by atoms with E-state index in [0.717, 1.165) is 11.1 Å². The average Bonchev–Trinajstić information content (AvgIpc) is 2.43. The lowest BCUT2D eigenvalue weighted by Gasteiger charge is -2.19. The van der Waals surface area contributed by atoms with Gasteiger partial charge in [-0.3, -0.25) is 0 Å². The van der Waals surface area contributed by atoms with Gasteiger partial charge in [0.25, 0.3) is 0 Å². The number of halogens is 3. The van der Waals surface area contributed by atoms with Gasteiger partial charge in [0.2, 0.25) is 0 Å². The van der Waals surface area contributed by atoms with Gasteiger partial charge in [0, 0.05) is 5.02 Å². The Kier molecular flexibility index (Phi) is 4.86. The van der Waals surface area contributed by atoms with Crippen LogP contribution in [-0.2, 0) is 0 Å². The molecule has 106 valence electrons. The van der Waals surface area contributed by atoms with Crippen LogP contribution in [0.2, 0.25) is 10.0 Å². The zero-order valence-electron chi connectivity index (χ0n) is 11.1. The van der Waals surface area contributed by atoms with Crippen LogP contribution < -0.4 is 10.1 Å². The molecule has 0 aliphatic rings. The Morgan fingerprint density at radius 2 is 1.85 bits per heavy atom. The van der Waals surface area contributed by atoms with Crippen LogP contribution in [0.4, 0.5) is 4.39 Å². The summed E-state index contributed by atoms with van der Waals surface area (Å²) in [6, 6.07) is 9.66. The van der Waals surface area contributed by atoms with Gasteiger partial charge in [0.15, 0.2) is 0 Å². The molecule has 2 rings (SSSR count). The van der Waals surface area contributed by atoms with Crippen molar-refractivity contribution >= 4 is 23.2 Å². The van der Waals surface area contributed by atoms with Gasteiger partial charge < -0.3 is 10.1 Å². The van der Waals surface area contributed by atoms with E-state index in [2.05, 4.69) is 5.32 Å². The summed E-state index contributed by atoms with van der Waals surface area (Å²) in [6.45, 7) is 0. The summed E-state index contributed by atoms with van der Waals surface area (Å²) in [5.41, 5.74) is 1.72. The normalized spacial score (nSPS) is 12.2. The van der Waals surface area contributed by atoms with E-state index in [1.165, 1.54) is 12.1 Å². The summed E-state index contributed by atoms with van der Waals surface area (Å²) >= 11 is 12.1. The van der Waals surface area contributed by atoms with Crippen LogP contribution in [0.25, 0.3) is 0 Å². The van der Waals surface area contributed by atoms with Crippen LogP contribution in [0.3, 0.4) is 0 Å². The molecule has 2 aromatic carbocycles. The Hall–Kier alpha value is -1.29. The van der Waals surface area contributed by atoms with Crippen LogP contribution in [-0.4, -0.2) is 14.2 Å². The second-order valence-corrected chi connectivity index (χ2v) is 5.10. The maximum absolute atomic E-state index is 13.1. The standard InChI is InChI=1S/C15H14Cl2FNO/c1-19-15(11-5-4-10(18)8-13(11)17)9-3-6-12(16)14(7-9)20-2/h3-8,15,19H,1-2H3. The summed E-state index contributed by atoms with van der Waals surface area (Å²) < 4.78 is 18.4. The van der Waals surface area contributed by atoms with Crippen molar-refractivity contribution < 1.29 is 9.13 Å². The molecular weight excluding hydrogens is 300 g/mol. The minimum atomic E-state index is -0.359. The number of hydrogen-bond donors (Lipinski definition) is 1. The number of hydrogen-bond acceptors (Lipinski definition) is 2. The van der Waals surface area contributed by atoms with E-state index < -0.39 is 0 Å². The fraction of sp³-hybridized carbons (Fsp3) is 0.200. The topological polar surface area (TPSA) is 21.3 Å². The molecule has 0 heterocycles. The quantitative estimate of drug-likeness (QED) is 0.900. The Morgan fingerprint density at radius 1 is 1.10 bits per heavy atom.